The van der Waals surface area contributed by atoms with Gasteiger partial charge in [0.1, 0.15) is 0 Å². The van der Waals surface area contributed by atoms with Crippen molar-refractivity contribution in [3.05, 3.63) is 24.0 Å². The number of nitrogens with two attached hydrogens (primary N) is 1. The van der Waals surface area contributed by atoms with Crippen LogP contribution in [0.4, 0.5) is 13.2 Å². The number of hydrogen-bond acceptors (Lipinski definition) is 4. The van der Waals surface area contributed by atoms with E-state index in [0.29, 0.717) is 0 Å². The Kier molecular flexibility index (Phi) is 2.86. The zero-order chi connectivity index (χ0) is 11.7. The van der Waals surface area contributed by atoms with E-state index in [1.54, 1.807) is 0 Å². The predicted octanol–water partition coefficient (Wildman–Crippen LogP) is 0.683. The Morgan fingerprint density at radius 3 is 2.47 bits per heavy atom. The van der Waals surface area contributed by atoms with Crippen molar-refractivity contribution in [3.63, 3.8) is 0 Å². The molecule has 0 atom stereocenters. The Labute approximate surface area is 82.9 Å². The lowest BCUT2D eigenvalue weighted by atomic mass is 10.3. The van der Waals surface area contributed by atoms with Crippen molar-refractivity contribution in [2.75, 3.05) is 0 Å². The van der Waals surface area contributed by atoms with Crippen LogP contribution in [0, 0.1) is 0 Å². The first-order valence-electron chi connectivity index (χ1n) is 3.44. The summed E-state index contributed by atoms with van der Waals surface area (Å²) >= 11 is 0. The average molecular weight is 242 g/mol. The van der Waals surface area contributed by atoms with Gasteiger partial charge < -0.3 is 4.18 Å². The zero-order valence-corrected chi connectivity index (χ0v) is 7.84. The number of hydrogen-bond donors (Lipinski definition) is 1. The van der Waals surface area contributed by atoms with Crippen LogP contribution in [0.25, 0.3) is 0 Å². The van der Waals surface area contributed by atoms with Gasteiger partial charge in [0.05, 0.1) is 0 Å². The first kappa shape index (κ1) is 11.7. The van der Waals surface area contributed by atoms with E-state index in [1.807, 2.05) is 0 Å². The van der Waals surface area contributed by atoms with E-state index in [1.165, 1.54) is 0 Å². The quantitative estimate of drug-likeness (QED) is 0.826. The summed E-state index contributed by atoms with van der Waals surface area (Å²) in [7, 11) is -4.50. The molecule has 15 heavy (non-hydrogen) atoms. The maximum Gasteiger partial charge on any atom is 0.437 e. The van der Waals surface area contributed by atoms with Crippen LogP contribution in [0.3, 0.4) is 0 Å². The number of rotatable bonds is 2. The van der Waals surface area contributed by atoms with Crippen molar-refractivity contribution in [1.82, 2.24) is 4.98 Å². The third-order valence-corrected chi connectivity index (χ3v) is 1.66. The van der Waals surface area contributed by atoms with E-state index in [-0.39, 0.29) is 0 Å². The van der Waals surface area contributed by atoms with E-state index in [2.05, 4.69) is 14.3 Å². The summed E-state index contributed by atoms with van der Waals surface area (Å²) in [5, 5.41) is 4.43. The maximum absolute atomic E-state index is 12.2. The van der Waals surface area contributed by atoms with Gasteiger partial charge in [0.15, 0.2) is 11.4 Å². The molecular formula is C6H5F3N2O3S. The maximum atomic E-state index is 12.2. The summed E-state index contributed by atoms with van der Waals surface area (Å²) in [5.41, 5.74) is -1.45. The smallest absolute Gasteiger partial charge is 0.369 e. The Morgan fingerprint density at radius 2 is 2.00 bits per heavy atom. The molecule has 9 heteroatoms. The molecule has 0 aliphatic rings. The van der Waals surface area contributed by atoms with Gasteiger partial charge in [0, 0.05) is 6.20 Å². The highest BCUT2D eigenvalue weighted by molar-refractivity contribution is 7.84. The number of pyridine rings is 1. The Balaban J connectivity index is 3.19. The largest absolute Gasteiger partial charge is 0.437 e. The SMILES string of the molecule is NS(=O)(=O)Oc1cccnc1C(F)(F)F. The Hall–Kier alpha value is -1.35. The molecule has 0 aliphatic heterocycles. The number of nitrogens with zero attached hydrogens (tertiary/aromatic N) is 1. The first-order chi connectivity index (χ1) is 6.70. The van der Waals surface area contributed by atoms with E-state index in [4.69, 9.17) is 0 Å². The number of alkyl halides is 3. The van der Waals surface area contributed by atoms with E-state index >= 15 is 0 Å². The molecule has 0 bridgehead atoms. The van der Waals surface area contributed by atoms with Crippen LogP contribution in [0.15, 0.2) is 18.3 Å². The average Bonchev–Trinajstić information content (AvgIpc) is 1.99. The summed E-state index contributed by atoms with van der Waals surface area (Å²) in [6.45, 7) is 0. The van der Waals surface area contributed by atoms with Crippen molar-refractivity contribution in [2.45, 2.75) is 6.18 Å². The molecule has 0 amide bonds. The Bertz CT molecular complexity index is 457. The fourth-order valence-electron chi connectivity index (χ4n) is 0.796. The Morgan fingerprint density at radius 1 is 1.40 bits per heavy atom. The molecule has 0 spiro atoms. The predicted molar refractivity (Wildman–Crippen MR) is 43.0 cm³/mol. The highest BCUT2D eigenvalue weighted by Gasteiger charge is 2.37. The van der Waals surface area contributed by atoms with E-state index in [0.717, 1.165) is 18.3 Å². The molecule has 0 unspecified atom stereocenters. The molecule has 0 saturated carbocycles. The van der Waals surface area contributed by atoms with Crippen molar-refractivity contribution < 1.29 is 25.8 Å². The summed E-state index contributed by atoms with van der Waals surface area (Å²) < 4.78 is 61.5. The van der Waals surface area contributed by atoms with Crippen LogP contribution < -0.4 is 9.32 Å². The van der Waals surface area contributed by atoms with Crippen LogP contribution >= 0.6 is 0 Å². The fourth-order valence-corrected chi connectivity index (χ4v) is 1.18. The highest BCUT2D eigenvalue weighted by atomic mass is 32.2. The van der Waals surface area contributed by atoms with Crippen molar-refractivity contribution in [3.8, 4) is 5.75 Å². The van der Waals surface area contributed by atoms with Crippen LogP contribution in [0.5, 0.6) is 5.75 Å². The summed E-state index contributed by atoms with van der Waals surface area (Å²) in [4.78, 5) is 2.96. The normalized spacial score (nSPS) is 12.5. The molecule has 0 radical (unpaired) electrons. The molecule has 5 nitrogen and oxygen atoms in total. The lowest BCUT2D eigenvalue weighted by molar-refractivity contribution is -0.141. The third kappa shape index (κ3) is 3.36. The van der Waals surface area contributed by atoms with Gasteiger partial charge in [-0.15, -0.1) is 0 Å². The molecule has 84 valence electrons. The van der Waals surface area contributed by atoms with Gasteiger partial charge in [0.2, 0.25) is 0 Å². The second-order valence-corrected chi connectivity index (χ2v) is 3.58. The molecule has 0 aromatic carbocycles. The summed E-state index contributed by atoms with van der Waals surface area (Å²) in [6, 6.07) is 1.90. The van der Waals surface area contributed by atoms with Crippen LogP contribution in [-0.4, -0.2) is 13.4 Å². The van der Waals surface area contributed by atoms with Crippen molar-refractivity contribution >= 4 is 10.3 Å². The molecule has 0 fully saturated rings. The standard InChI is InChI=1S/C6H5F3N2O3S/c7-6(8,9)5-4(2-1-3-11-5)14-15(10,12)13/h1-3H,(H2,10,12,13). The van der Waals surface area contributed by atoms with Crippen LogP contribution in [0.1, 0.15) is 5.69 Å². The number of aromatic nitrogens is 1. The van der Waals surface area contributed by atoms with Gasteiger partial charge in [-0.3, -0.25) is 0 Å². The van der Waals surface area contributed by atoms with E-state index in [9.17, 15) is 21.6 Å². The summed E-state index contributed by atoms with van der Waals surface area (Å²) in [5.74, 6) is -0.951. The lowest BCUT2D eigenvalue weighted by Gasteiger charge is -2.09. The minimum absolute atomic E-state index is 0.806. The molecule has 0 aliphatic carbocycles. The molecule has 2 N–H and O–H groups in total. The fraction of sp³-hybridized carbons (Fsp3) is 0.167. The second kappa shape index (κ2) is 3.66. The van der Waals surface area contributed by atoms with Crippen LogP contribution in [0.2, 0.25) is 0 Å². The zero-order valence-electron chi connectivity index (χ0n) is 7.02. The van der Waals surface area contributed by atoms with Crippen molar-refractivity contribution in [1.29, 1.82) is 0 Å². The monoisotopic (exact) mass is 242 g/mol. The number of halogens is 3. The minimum Gasteiger partial charge on any atom is -0.369 e. The van der Waals surface area contributed by atoms with Crippen LogP contribution in [-0.2, 0) is 16.5 Å². The molecule has 1 heterocycles. The van der Waals surface area contributed by atoms with Gasteiger partial charge in [-0.05, 0) is 12.1 Å². The van der Waals surface area contributed by atoms with Gasteiger partial charge in [0.25, 0.3) is 0 Å². The lowest BCUT2D eigenvalue weighted by Crippen LogP contribution is -2.21. The summed E-state index contributed by atoms with van der Waals surface area (Å²) in [6.07, 6.45) is -3.94. The molecule has 0 saturated heterocycles. The van der Waals surface area contributed by atoms with Gasteiger partial charge in [-0.25, -0.2) is 4.98 Å². The van der Waals surface area contributed by atoms with Gasteiger partial charge in [-0.2, -0.15) is 26.7 Å². The molecule has 1 rings (SSSR count). The minimum atomic E-state index is -4.80. The third-order valence-electron chi connectivity index (χ3n) is 1.25. The molecular weight excluding hydrogens is 237 g/mol. The molecule has 1 aromatic heterocycles. The van der Waals surface area contributed by atoms with Gasteiger partial charge in [-0.1, -0.05) is 0 Å². The first-order valence-corrected chi connectivity index (χ1v) is 4.92. The highest BCUT2D eigenvalue weighted by Crippen LogP contribution is 2.34. The van der Waals surface area contributed by atoms with E-state index < -0.39 is 27.9 Å². The topological polar surface area (TPSA) is 82.3 Å². The van der Waals surface area contributed by atoms with Gasteiger partial charge >= 0.3 is 16.5 Å². The van der Waals surface area contributed by atoms with Crippen molar-refractivity contribution in [2.24, 2.45) is 5.14 Å². The molecule has 1 aromatic rings. The second-order valence-electron chi connectivity index (χ2n) is 2.42.